The molecule has 0 bridgehead atoms. The van der Waals surface area contributed by atoms with Gasteiger partial charge in [0.05, 0.1) is 16.9 Å². The number of benzene rings is 1. The second-order valence-electron chi connectivity index (χ2n) is 7.27. The molecule has 2 aromatic heterocycles. The van der Waals surface area contributed by atoms with Crippen molar-refractivity contribution in [2.75, 3.05) is 5.32 Å². The first kappa shape index (κ1) is 19.9. The van der Waals surface area contributed by atoms with Crippen LogP contribution in [0.4, 0.5) is 10.5 Å². The van der Waals surface area contributed by atoms with Crippen molar-refractivity contribution in [1.82, 2.24) is 15.0 Å². The summed E-state index contributed by atoms with van der Waals surface area (Å²) in [7, 11) is 0. The smallest absolute Gasteiger partial charge is 0.412 e. The largest absolute Gasteiger partial charge is 0.444 e. The molecule has 28 heavy (non-hydrogen) atoms. The number of aryl methyl sites for hydroxylation is 1. The highest BCUT2D eigenvalue weighted by Gasteiger charge is 2.17. The Hall–Kier alpha value is -2.80. The number of carbonyl (C=O) groups excluding carboxylic acids is 1. The molecule has 0 radical (unpaired) electrons. The van der Waals surface area contributed by atoms with E-state index in [9.17, 15) is 4.79 Å². The van der Waals surface area contributed by atoms with Crippen molar-refractivity contribution in [2.45, 2.75) is 33.3 Å². The molecule has 0 spiro atoms. The molecule has 1 aromatic carbocycles. The number of pyridine rings is 1. The first-order valence-corrected chi connectivity index (χ1v) is 9.57. The number of hydrogen-bond acceptors (Lipinski definition) is 5. The Morgan fingerprint density at radius 1 is 1.14 bits per heavy atom. The number of anilines is 1. The Morgan fingerprint density at radius 3 is 2.64 bits per heavy atom. The van der Waals surface area contributed by atoms with Gasteiger partial charge in [0.25, 0.3) is 0 Å². The lowest BCUT2D eigenvalue weighted by molar-refractivity contribution is 0.0636. The Bertz CT molecular complexity index is 1060. The molecule has 0 saturated heterocycles. The van der Waals surface area contributed by atoms with Gasteiger partial charge in [0.1, 0.15) is 5.60 Å². The number of hydrogen-bond donors (Lipinski definition) is 1. The number of amides is 1. The summed E-state index contributed by atoms with van der Waals surface area (Å²) in [6, 6.07) is 9.36. The molecule has 0 aliphatic heterocycles. The monoisotopic (exact) mass is 440 g/mol. The maximum atomic E-state index is 12.1. The first-order chi connectivity index (χ1) is 13.2. The van der Waals surface area contributed by atoms with Crippen LogP contribution in [0.2, 0.25) is 0 Å². The van der Waals surface area contributed by atoms with Crippen LogP contribution < -0.4 is 5.32 Å². The van der Waals surface area contributed by atoms with Crippen LogP contribution in [0, 0.1) is 6.92 Å². The van der Waals surface area contributed by atoms with Crippen LogP contribution in [-0.4, -0.2) is 26.6 Å². The molecule has 0 aliphatic carbocycles. The number of halogens is 1. The summed E-state index contributed by atoms with van der Waals surface area (Å²) in [5.74, 6) is 0.628. The van der Waals surface area contributed by atoms with E-state index in [4.69, 9.17) is 4.74 Å². The van der Waals surface area contributed by atoms with Crippen LogP contribution in [0.3, 0.4) is 0 Å². The van der Waals surface area contributed by atoms with Gasteiger partial charge >= 0.3 is 6.09 Å². The highest BCUT2D eigenvalue weighted by atomic mass is 79.9. The normalized spacial score (nSPS) is 11.8. The number of fused-ring (bicyclic) bond motifs is 1. The predicted molar refractivity (Wildman–Crippen MR) is 115 cm³/mol. The molecule has 0 fully saturated rings. The Balaban J connectivity index is 1.89. The molecule has 1 amide bonds. The van der Waals surface area contributed by atoms with Crippen molar-refractivity contribution in [3.8, 4) is 0 Å². The zero-order chi connectivity index (χ0) is 20.3. The van der Waals surface area contributed by atoms with Crippen molar-refractivity contribution in [2.24, 2.45) is 0 Å². The van der Waals surface area contributed by atoms with Gasteiger partial charge in [-0.2, -0.15) is 0 Å². The minimum absolute atomic E-state index is 0.507. The molecular weight excluding hydrogens is 420 g/mol. The van der Waals surface area contributed by atoms with E-state index in [1.807, 2.05) is 70.2 Å². The highest BCUT2D eigenvalue weighted by molar-refractivity contribution is 9.10. The fourth-order valence-electron chi connectivity index (χ4n) is 2.53. The lowest BCUT2D eigenvalue weighted by Gasteiger charge is -2.20. The topological polar surface area (TPSA) is 77.0 Å². The number of rotatable bonds is 3. The van der Waals surface area contributed by atoms with E-state index >= 15 is 0 Å². The van der Waals surface area contributed by atoms with Crippen molar-refractivity contribution in [3.05, 3.63) is 58.2 Å². The summed E-state index contributed by atoms with van der Waals surface area (Å²) in [5.41, 5.74) is 2.47. The second-order valence-corrected chi connectivity index (χ2v) is 8.19. The molecule has 6 nitrogen and oxygen atoms in total. The van der Waals surface area contributed by atoms with Crippen LogP contribution in [0.1, 0.15) is 38.0 Å². The average Bonchev–Trinajstić information content (AvgIpc) is 2.58. The van der Waals surface area contributed by atoms with E-state index in [2.05, 4.69) is 36.2 Å². The van der Waals surface area contributed by atoms with Gasteiger partial charge in [-0.3, -0.25) is 5.32 Å². The lowest BCUT2D eigenvalue weighted by Crippen LogP contribution is -2.27. The number of aromatic nitrogens is 3. The summed E-state index contributed by atoms with van der Waals surface area (Å²) >= 11 is 3.47. The highest BCUT2D eigenvalue weighted by Crippen LogP contribution is 2.28. The van der Waals surface area contributed by atoms with Gasteiger partial charge in [0.15, 0.2) is 5.82 Å². The van der Waals surface area contributed by atoms with Crippen molar-refractivity contribution < 1.29 is 9.53 Å². The maximum Gasteiger partial charge on any atom is 0.412 e. The van der Waals surface area contributed by atoms with Crippen LogP contribution in [0.5, 0.6) is 0 Å². The molecule has 1 N–H and O–H groups in total. The van der Waals surface area contributed by atoms with E-state index in [1.54, 1.807) is 6.20 Å². The van der Waals surface area contributed by atoms with Crippen LogP contribution in [0.25, 0.3) is 23.1 Å². The van der Waals surface area contributed by atoms with Gasteiger partial charge in [0.2, 0.25) is 0 Å². The van der Waals surface area contributed by atoms with E-state index in [0.29, 0.717) is 11.5 Å². The summed E-state index contributed by atoms with van der Waals surface area (Å²) in [6.07, 6.45) is 4.89. The third-order valence-corrected chi connectivity index (χ3v) is 4.10. The minimum Gasteiger partial charge on any atom is -0.444 e. The van der Waals surface area contributed by atoms with Gasteiger partial charge < -0.3 is 4.74 Å². The average molecular weight is 441 g/mol. The molecule has 0 saturated carbocycles. The Kier molecular flexibility index (Phi) is 5.74. The van der Waals surface area contributed by atoms with Crippen LogP contribution >= 0.6 is 15.9 Å². The number of carbonyl (C=O) groups is 1. The molecular formula is C21H21BrN4O2. The molecule has 0 atom stereocenters. The van der Waals surface area contributed by atoms with Crippen LogP contribution in [-0.2, 0) is 4.74 Å². The summed E-state index contributed by atoms with van der Waals surface area (Å²) in [6.45, 7) is 7.39. The molecule has 0 unspecified atom stereocenters. The molecule has 7 heteroatoms. The quantitative estimate of drug-likeness (QED) is 0.572. The minimum atomic E-state index is -0.569. The predicted octanol–water partition coefficient (Wildman–Crippen LogP) is 5.61. The maximum absolute atomic E-state index is 12.1. The van der Waals surface area contributed by atoms with Gasteiger partial charge in [0, 0.05) is 21.7 Å². The van der Waals surface area contributed by atoms with E-state index < -0.39 is 11.7 Å². The molecule has 2 heterocycles. The second kappa shape index (κ2) is 8.06. The van der Waals surface area contributed by atoms with E-state index in [0.717, 1.165) is 26.8 Å². The molecule has 3 rings (SSSR count). The van der Waals surface area contributed by atoms with Crippen molar-refractivity contribution in [3.63, 3.8) is 0 Å². The Morgan fingerprint density at radius 2 is 1.93 bits per heavy atom. The van der Waals surface area contributed by atoms with Gasteiger partial charge in [-0.15, -0.1) is 0 Å². The molecule has 3 aromatic rings. The summed E-state index contributed by atoms with van der Waals surface area (Å²) in [5, 5.41) is 3.61. The van der Waals surface area contributed by atoms with Gasteiger partial charge in [-0.25, -0.2) is 19.7 Å². The first-order valence-electron chi connectivity index (χ1n) is 8.78. The summed E-state index contributed by atoms with van der Waals surface area (Å²) in [4.78, 5) is 25.4. The number of nitrogens with zero attached hydrogens (tertiary/aromatic N) is 3. The Labute approximate surface area is 172 Å². The SMILES string of the molecule is Cc1ccnc(C=Cc2ccc3c(NC(=O)OC(C)(C)C)cc(Br)cc3n2)n1. The third kappa shape index (κ3) is 5.36. The van der Waals surface area contributed by atoms with Crippen molar-refractivity contribution >= 4 is 50.8 Å². The van der Waals surface area contributed by atoms with E-state index in [-0.39, 0.29) is 0 Å². The fourth-order valence-corrected chi connectivity index (χ4v) is 2.98. The summed E-state index contributed by atoms with van der Waals surface area (Å²) < 4.78 is 6.15. The van der Waals surface area contributed by atoms with Gasteiger partial charge in [-0.1, -0.05) is 15.9 Å². The third-order valence-electron chi connectivity index (χ3n) is 3.65. The standard InChI is InChI=1S/C21H21BrN4O2/c1-13-9-10-23-19(24-13)8-6-15-5-7-16-17(25-15)11-14(22)12-18(16)26-20(27)28-21(2,3)4/h5-12H,1-4H3,(H,26,27). The van der Waals surface area contributed by atoms with E-state index in [1.165, 1.54) is 0 Å². The fraction of sp³-hybridized carbons (Fsp3) is 0.238. The lowest BCUT2D eigenvalue weighted by atomic mass is 10.1. The zero-order valence-electron chi connectivity index (χ0n) is 16.2. The zero-order valence-corrected chi connectivity index (χ0v) is 17.7. The van der Waals surface area contributed by atoms with Gasteiger partial charge in [-0.05, 0) is 70.2 Å². The molecule has 0 aliphatic rings. The van der Waals surface area contributed by atoms with Crippen molar-refractivity contribution in [1.29, 1.82) is 0 Å². The molecule has 144 valence electrons. The number of nitrogens with one attached hydrogen (secondary N) is 1. The number of ether oxygens (including phenoxy) is 1. The van der Waals surface area contributed by atoms with Crippen LogP contribution in [0.15, 0.2) is 41.0 Å².